The number of hydrogen-bond acceptors (Lipinski definition) is 2. The Balaban J connectivity index is 1.84. The van der Waals surface area contributed by atoms with Crippen molar-refractivity contribution in [3.05, 3.63) is 11.9 Å². The van der Waals surface area contributed by atoms with Crippen LogP contribution in [-0.4, -0.2) is 15.0 Å². The molecule has 0 atom stereocenters. The highest BCUT2D eigenvalue weighted by atomic mass is 79.9. The van der Waals surface area contributed by atoms with Gasteiger partial charge in [-0.3, -0.25) is 4.68 Å². The van der Waals surface area contributed by atoms with Gasteiger partial charge in [0.05, 0.1) is 5.69 Å². The van der Waals surface area contributed by atoms with Crippen LogP contribution in [0.4, 0.5) is 0 Å². The molecular formula is C8H12BrN3. The van der Waals surface area contributed by atoms with Crippen molar-refractivity contribution < 1.29 is 0 Å². The van der Waals surface area contributed by atoms with Crippen molar-refractivity contribution in [3.8, 4) is 0 Å². The third-order valence-electron chi connectivity index (χ3n) is 2.19. The molecule has 1 saturated carbocycles. The van der Waals surface area contributed by atoms with Crippen LogP contribution in [0.2, 0.25) is 0 Å². The van der Waals surface area contributed by atoms with E-state index in [-0.39, 0.29) is 0 Å². The van der Waals surface area contributed by atoms with Gasteiger partial charge in [-0.1, -0.05) is 34.0 Å². The van der Waals surface area contributed by atoms with E-state index in [9.17, 15) is 0 Å². The van der Waals surface area contributed by atoms with Crippen molar-refractivity contribution in [2.24, 2.45) is 5.92 Å². The first-order chi connectivity index (χ1) is 5.88. The average Bonchev–Trinajstić information content (AvgIpc) is 2.81. The second-order valence-electron chi connectivity index (χ2n) is 3.34. The van der Waals surface area contributed by atoms with E-state index in [0.717, 1.165) is 23.5 Å². The van der Waals surface area contributed by atoms with E-state index in [1.807, 2.05) is 10.9 Å². The normalized spacial score (nSPS) is 16.8. The summed E-state index contributed by atoms with van der Waals surface area (Å²) in [4.78, 5) is 0. The van der Waals surface area contributed by atoms with Crippen LogP contribution in [0.3, 0.4) is 0 Å². The Morgan fingerprint density at radius 1 is 1.58 bits per heavy atom. The Hall–Kier alpha value is -0.380. The Morgan fingerprint density at radius 3 is 3.00 bits per heavy atom. The summed E-state index contributed by atoms with van der Waals surface area (Å²) >= 11 is 3.35. The van der Waals surface area contributed by atoms with Crippen LogP contribution in [0.5, 0.6) is 0 Å². The average molecular weight is 230 g/mol. The van der Waals surface area contributed by atoms with E-state index in [4.69, 9.17) is 0 Å². The Bertz CT molecular complexity index is 255. The first kappa shape index (κ1) is 8.23. The topological polar surface area (TPSA) is 30.7 Å². The molecule has 0 spiro atoms. The van der Waals surface area contributed by atoms with Gasteiger partial charge in [0.25, 0.3) is 0 Å². The fourth-order valence-corrected chi connectivity index (χ4v) is 1.49. The van der Waals surface area contributed by atoms with E-state index in [1.54, 1.807) is 0 Å². The van der Waals surface area contributed by atoms with E-state index in [2.05, 4.69) is 26.2 Å². The molecule has 1 heterocycles. The molecule has 0 bridgehead atoms. The predicted octanol–water partition coefficient (Wildman–Crippen LogP) is 1.97. The molecule has 1 aromatic rings. The van der Waals surface area contributed by atoms with E-state index < -0.39 is 0 Å². The summed E-state index contributed by atoms with van der Waals surface area (Å²) in [7, 11) is 0. The lowest BCUT2D eigenvalue weighted by Gasteiger charge is -1.96. The maximum Gasteiger partial charge on any atom is 0.0932 e. The van der Waals surface area contributed by atoms with Crippen molar-refractivity contribution in [3.63, 3.8) is 0 Å². The van der Waals surface area contributed by atoms with Crippen LogP contribution in [0.25, 0.3) is 0 Å². The van der Waals surface area contributed by atoms with Crippen molar-refractivity contribution in [2.75, 3.05) is 0 Å². The molecule has 0 N–H and O–H groups in total. The number of alkyl halides is 1. The summed E-state index contributed by atoms with van der Waals surface area (Å²) in [6.07, 6.45) is 6.11. The zero-order chi connectivity index (χ0) is 8.39. The second kappa shape index (κ2) is 3.56. The number of aromatic nitrogens is 3. The van der Waals surface area contributed by atoms with Gasteiger partial charge in [-0.05, 0) is 12.3 Å². The molecular weight excluding hydrogens is 218 g/mol. The van der Waals surface area contributed by atoms with Crippen molar-refractivity contribution >= 4 is 15.9 Å². The van der Waals surface area contributed by atoms with Gasteiger partial charge in [0, 0.05) is 18.1 Å². The van der Waals surface area contributed by atoms with Crippen molar-refractivity contribution in [1.29, 1.82) is 0 Å². The zero-order valence-corrected chi connectivity index (χ0v) is 8.50. The van der Waals surface area contributed by atoms with Crippen LogP contribution < -0.4 is 0 Å². The molecule has 1 aromatic heterocycles. The van der Waals surface area contributed by atoms with Crippen LogP contribution >= 0.6 is 15.9 Å². The van der Waals surface area contributed by atoms with E-state index >= 15 is 0 Å². The molecule has 4 heteroatoms. The minimum Gasteiger partial charge on any atom is -0.252 e. The molecule has 1 aliphatic rings. The second-order valence-corrected chi connectivity index (χ2v) is 3.90. The molecule has 12 heavy (non-hydrogen) atoms. The molecule has 3 nitrogen and oxygen atoms in total. The lowest BCUT2D eigenvalue weighted by Crippen LogP contribution is -1.99. The Kier molecular flexibility index (Phi) is 2.44. The predicted molar refractivity (Wildman–Crippen MR) is 50.0 cm³/mol. The van der Waals surface area contributed by atoms with Crippen molar-refractivity contribution in [1.82, 2.24) is 15.0 Å². The number of halogens is 1. The van der Waals surface area contributed by atoms with Gasteiger partial charge < -0.3 is 0 Å². The van der Waals surface area contributed by atoms with Crippen LogP contribution in [0, 0.1) is 5.92 Å². The maximum atomic E-state index is 4.02. The third-order valence-corrected chi connectivity index (χ3v) is 2.76. The molecule has 0 unspecified atom stereocenters. The summed E-state index contributed by atoms with van der Waals surface area (Å²) < 4.78 is 1.94. The molecule has 0 radical (unpaired) electrons. The number of nitrogens with zero attached hydrogens (tertiary/aromatic N) is 3. The van der Waals surface area contributed by atoms with E-state index in [0.29, 0.717) is 0 Å². The van der Waals surface area contributed by atoms with Crippen molar-refractivity contribution in [2.45, 2.75) is 31.1 Å². The van der Waals surface area contributed by atoms with Gasteiger partial charge >= 0.3 is 0 Å². The summed E-state index contributed by atoms with van der Waals surface area (Å²) in [5, 5.41) is 8.82. The molecule has 0 aliphatic heterocycles. The summed E-state index contributed by atoms with van der Waals surface area (Å²) in [6.45, 7) is 1.03. The summed E-state index contributed by atoms with van der Waals surface area (Å²) in [5.74, 6) is 0.974. The van der Waals surface area contributed by atoms with Gasteiger partial charge in [-0.2, -0.15) is 0 Å². The van der Waals surface area contributed by atoms with Crippen LogP contribution in [0.1, 0.15) is 25.0 Å². The molecule has 1 aliphatic carbocycles. The third kappa shape index (κ3) is 2.06. The fraction of sp³-hybridized carbons (Fsp3) is 0.750. The van der Waals surface area contributed by atoms with Gasteiger partial charge in [0.15, 0.2) is 0 Å². The highest BCUT2D eigenvalue weighted by Crippen LogP contribution is 2.32. The SMILES string of the molecule is BrCc1cn(CCC2CC2)nn1. The summed E-state index contributed by atoms with van der Waals surface area (Å²) in [6, 6.07) is 0. The quantitative estimate of drug-likeness (QED) is 0.740. The van der Waals surface area contributed by atoms with Gasteiger partial charge in [0.1, 0.15) is 0 Å². The fourth-order valence-electron chi connectivity index (χ4n) is 1.23. The highest BCUT2D eigenvalue weighted by Gasteiger charge is 2.20. The molecule has 0 aromatic carbocycles. The molecule has 0 saturated heterocycles. The molecule has 2 rings (SSSR count). The van der Waals surface area contributed by atoms with Crippen LogP contribution in [0.15, 0.2) is 6.20 Å². The number of aryl methyl sites for hydroxylation is 1. The van der Waals surface area contributed by atoms with Gasteiger partial charge in [-0.25, -0.2) is 0 Å². The first-order valence-electron chi connectivity index (χ1n) is 4.33. The lowest BCUT2D eigenvalue weighted by molar-refractivity contribution is 0.531. The standard InChI is InChI=1S/C8H12BrN3/c9-5-8-6-12(11-10-8)4-3-7-1-2-7/h6-7H,1-5H2. The Labute approximate surface area is 80.3 Å². The van der Waals surface area contributed by atoms with Gasteiger partial charge in [-0.15, -0.1) is 5.10 Å². The summed E-state index contributed by atoms with van der Waals surface area (Å²) in [5.41, 5.74) is 1.02. The number of rotatable bonds is 4. The molecule has 1 fully saturated rings. The highest BCUT2D eigenvalue weighted by molar-refractivity contribution is 9.08. The molecule has 0 amide bonds. The minimum absolute atomic E-state index is 0.802. The maximum absolute atomic E-state index is 4.02. The van der Waals surface area contributed by atoms with Gasteiger partial charge in [0.2, 0.25) is 0 Å². The molecule has 66 valence electrons. The largest absolute Gasteiger partial charge is 0.252 e. The minimum atomic E-state index is 0.802. The smallest absolute Gasteiger partial charge is 0.0932 e. The van der Waals surface area contributed by atoms with E-state index in [1.165, 1.54) is 19.3 Å². The monoisotopic (exact) mass is 229 g/mol. The van der Waals surface area contributed by atoms with Crippen LogP contribution in [-0.2, 0) is 11.9 Å². The number of hydrogen-bond donors (Lipinski definition) is 0. The lowest BCUT2D eigenvalue weighted by atomic mass is 10.3. The first-order valence-corrected chi connectivity index (χ1v) is 5.45. The zero-order valence-electron chi connectivity index (χ0n) is 6.91. The Morgan fingerprint density at radius 2 is 2.42 bits per heavy atom.